The fourth-order valence-electron chi connectivity index (χ4n) is 1.58. The standard InChI is InChI=1S/C13H17ClO3/c1-8(2)17-12(13(15)16)7-10-6-11(14)5-4-9(10)3/h4-6,8,12H,7H2,1-3H3,(H,15,16). The fraction of sp³-hybridized carbons (Fsp3) is 0.462. The average molecular weight is 257 g/mol. The molecule has 0 heterocycles. The number of halogens is 1. The van der Waals surface area contributed by atoms with Crippen LogP contribution in [0, 0.1) is 6.92 Å². The van der Waals surface area contributed by atoms with Crippen molar-refractivity contribution in [3.63, 3.8) is 0 Å². The molecular weight excluding hydrogens is 240 g/mol. The van der Waals surface area contributed by atoms with Gasteiger partial charge in [0.1, 0.15) is 0 Å². The van der Waals surface area contributed by atoms with E-state index in [4.69, 9.17) is 21.4 Å². The number of carboxylic acid groups (broad SMARTS) is 1. The van der Waals surface area contributed by atoms with Crippen molar-refractivity contribution in [2.75, 3.05) is 0 Å². The molecule has 1 rings (SSSR count). The van der Waals surface area contributed by atoms with Gasteiger partial charge in [-0.05, 0) is 44.0 Å². The lowest BCUT2D eigenvalue weighted by atomic mass is 10.0. The Morgan fingerprint density at radius 2 is 2.12 bits per heavy atom. The Balaban J connectivity index is 2.85. The first-order valence-corrected chi connectivity index (χ1v) is 5.91. The maximum Gasteiger partial charge on any atom is 0.333 e. The molecule has 0 bridgehead atoms. The zero-order valence-corrected chi connectivity index (χ0v) is 11.0. The Hall–Kier alpha value is -1.06. The van der Waals surface area contributed by atoms with E-state index in [9.17, 15) is 4.79 Å². The van der Waals surface area contributed by atoms with Gasteiger partial charge in [0, 0.05) is 11.4 Å². The highest BCUT2D eigenvalue weighted by Gasteiger charge is 2.20. The van der Waals surface area contributed by atoms with E-state index in [1.165, 1.54) is 0 Å². The van der Waals surface area contributed by atoms with E-state index in [1.807, 2.05) is 26.8 Å². The molecule has 0 radical (unpaired) electrons. The summed E-state index contributed by atoms with van der Waals surface area (Å²) in [5, 5.41) is 9.70. The quantitative estimate of drug-likeness (QED) is 0.881. The number of hydrogen-bond acceptors (Lipinski definition) is 2. The lowest BCUT2D eigenvalue weighted by Gasteiger charge is -2.17. The highest BCUT2D eigenvalue weighted by Crippen LogP contribution is 2.18. The Kier molecular flexibility index (Phi) is 4.97. The normalized spacial score (nSPS) is 12.8. The van der Waals surface area contributed by atoms with Crippen LogP contribution in [0.5, 0.6) is 0 Å². The maximum absolute atomic E-state index is 11.1. The topological polar surface area (TPSA) is 46.5 Å². The molecule has 0 saturated heterocycles. The molecule has 0 aliphatic heterocycles. The highest BCUT2D eigenvalue weighted by atomic mass is 35.5. The fourth-order valence-corrected chi connectivity index (χ4v) is 1.78. The Bertz CT molecular complexity index is 402. The van der Waals surface area contributed by atoms with Gasteiger partial charge >= 0.3 is 5.97 Å². The van der Waals surface area contributed by atoms with Crippen LogP contribution >= 0.6 is 11.6 Å². The van der Waals surface area contributed by atoms with Crippen LogP contribution < -0.4 is 0 Å². The van der Waals surface area contributed by atoms with Crippen LogP contribution in [-0.4, -0.2) is 23.3 Å². The van der Waals surface area contributed by atoms with Crippen molar-refractivity contribution < 1.29 is 14.6 Å². The van der Waals surface area contributed by atoms with Crippen LogP contribution in [0.15, 0.2) is 18.2 Å². The summed E-state index contributed by atoms with van der Waals surface area (Å²) in [6, 6.07) is 5.46. The molecule has 0 aliphatic rings. The van der Waals surface area contributed by atoms with E-state index in [-0.39, 0.29) is 6.10 Å². The third-order valence-electron chi connectivity index (χ3n) is 2.43. The molecule has 17 heavy (non-hydrogen) atoms. The van der Waals surface area contributed by atoms with Gasteiger partial charge in [0.05, 0.1) is 6.10 Å². The number of benzene rings is 1. The predicted molar refractivity (Wildman–Crippen MR) is 67.5 cm³/mol. The second-order valence-corrected chi connectivity index (χ2v) is 4.72. The van der Waals surface area contributed by atoms with E-state index in [2.05, 4.69) is 0 Å². The van der Waals surface area contributed by atoms with Gasteiger partial charge in [0.15, 0.2) is 6.10 Å². The molecule has 0 saturated carbocycles. The number of carboxylic acids is 1. The van der Waals surface area contributed by atoms with Gasteiger partial charge in [0.2, 0.25) is 0 Å². The summed E-state index contributed by atoms with van der Waals surface area (Å²) in [5.74, 6) is -0.946. The van der Waals surface area contributed by atoms with Crippen LogP contribution in [-0.2, 0) is 16.0 Å². The second kappa shape index (κ2) is 6.03. The number of ether oxygens (including phenoxy) is 1. The van der Waals surface area contributed by atoms with Crippen LogP contribution in [0.4, 0.5) is 0 Å². The van der Waals surface area contributed by atoms with Crippen LogP contribution in [0.2, 0.25) is 5.02 Å². The first-order chi connectivity index (χ1) is 7.90. The smallest absolute Gasteiger partial charge is 0.333 e. The summed E-state index contributed by atoms with van der Waals surface area (Å²) in [6.45, 7) is 5.57. The summed E-state index contributed by atoms with van der Waals surface area (Å²) < 4.78 is 5.37. The molecule has 1 aromatic rings. The molecular formula is C13H17ClO3. The first kappa shape index (κ1) is 14.0. The number of aryl methyl sites for hydroxylation is 1. The van der Waals surface area contributed by atoms with E-state index in [0.29, 0.717) is 11.4 Å². The largest absolute Gasteiger partial charge is 0.479 e. The van der Waals surface area contributed by atoms with Crippen molar-refractivity contribution in [3.8, 4) is 0 Å². The molecule has 0 amide bonds. The summed E-state index contributed by atoms with van der Waals surface area (Å²) in [7, 11) is 0. The molecule has 1 N–H and O–H groups in total. The number of carbonyl (C=O) groups is 1. The van der Waals surface area contributed by atoms with Crippen molar-refractivity contribution in [3.05, 3.63) is 34.3 Å². The Labute approximate surface area is 106 Å². The van der Waals surface area contributed by atoms with Gasteiger partial charge in [0.25, 0.3) is 0 Å². The summed E-state index contributed by atoms with van der Waals surface area (Å²) in [6.07, 6.45) is -0.609. The van der Waals surface area contributed by atoms with Gasteiger partial charge in [-0.1, -0.05) is 17.7 Å². The molecule has 1 aromatic carbocycles. The molecule has 0 aliphatic carbocycles. The van der Waals surface area contributed by atoms with E-state index >= 15 is 0 Å². The third kappa shape index (κ3) is 4.36. The third-order valence-corrected chi connectivity index (χ3v) is 2.66. The van der Waals surface area contributed by atoms with Gasteiger partial charge in [-0.3, -0.25) is 0 Å². The monoisotopic (exact) mass is 256 g/mol. The molecule has 1 unspecified atom stereocenters. The molecule has 3 nitrogen and oxygen atoms in total. The molecule has 0 aromatic heterocycles. The lowest BCUT2D eigenvalue weighted by molar-refractivity contribution is -0.153. The minimum Gasteiger partial charge on any atom is -0.479 e. The van der Waals surface area contributed by atoms with Crippen LogP contribution in [0.3, 0.4) is 0 Å². The Morgan fingerprint density at radius 1 is 1.47 bits per heavy atom. The van der Waals surface area contributed by atoms with Crippen molar-refractivity contribution in [2.24, 2.45) is 0 Å². The first-order valence-electron chi connectivity index (χ1n) is 5.53. The number of hydrogen-bond donors (Lipinski definition) is 1. The van der Waals surface area contributed by atoms with Crippen molar-refractivity contribution in [2.45, 2.75) is 39.4 Å². The van der Waals surface area contributed by atoms with Crippen LogP contribution in [0.25, 0.3) is 0 Å². The van der Waals surface area contributed by atoms with E-state index < -0.39 is 12.1 Å². The van der Waals surface area contributed by atoms with Crippen molar-refractivity contribution in [1.29, 1.82) is 0 Å². The number of aliphatic carboxylic acids is 1. The highest BCUT2D eigenvalue weighted by molar-refractivity contribution is 6.30. The zero-order chi connectivity index (χ0) is 13.0. The van der Waals surface area contributed by atoms with Crippen LogP contribution in [0.1, 0.15) is 25.0 Å². The predicted octanol–water partition coefficient (Wildman–Crippen LogP) is 3.07. The van der Waals surface area contributed by atoms with E-state index in [0.717, 1.165) is 11.1 Å². The summed E-state index contributed by atoms with van der Waals surface area (Å²) in [4.78, 5) is 11.1. The molecule has 1 atom stereocenters. The van der Waals surface area contributed by atoms with Gasteiger partial charge in [-0.25, -0.2) is 4.79 Å². The van der Waals surface area contributed by atoms with Gasteiger partial charge in [-0.15, -0.1) is 0 Å². The minimum absolute atomic E-state index is 0.115. The van der Waals surface area contributed by atoms with Gasteiger partial charge < -0.3 is 9.84 Å². The molecule has 94 valence electrons. The second-order valence-electron chi connectivity index (χ2n) is 4.29. The van der Waals surface area contributed by atoms with Gasteiger partial charge in [-0.2, -0.15) is 0 Å². The average Bonchev–Trinajstić information content (AvgIpc) is 2.21. The lowest BCUT2D eigenvalue weighted by Crippen LogP contribution is -2.29. The van der Waals surface area contributed by atoms with Crippen molar-refractivity contribution >= 4 is 17.6 Å². The maximum atomic E-state index is 11.1. The molecule has 0 fully saturated rings. The summed E-state index contributed by atoms with van der Waals surface area (Å²) in [5.41, 5.74) is 1.93. The van der Waals surface area contributed by atoms with E-state index in [1.54, 1.807) is 12.1 Å². The molecule has 0 spiro atoms. The minimum atomic E-state index is -0.946. The van der Waals surface area contributed by atoms with Crippen molar-refractivity contribution in [1.82, 2.24) is 0 Å². The number of rotatable bonds is 5. The SMILES string of the molecule is Cc1ccc(Cl)cc1CC(OC(C)C)C(=O)O. The Morgan fingerprint density at radius 3 is 2.65 bits per heavy atom. The zero-order valence-electron chi connectivity index (χ0n) is 10.2. The molecule has 4 heteroatoms. The summed E-state index contributed by atoms with van der Waals surface area (Å²) >= 11 is 5.90.